The third-order valence-corrected chi connectivity index (χ3v) is 3.15. The minimum absolute atomic E-state index is 0.194. The summed E-state index contributed by atoms with van der Waals surface area (Å²) in [6, 6.07) is 4.72. The number of nitrogen functional groups attached to an aromatic ring is 1. The van der Waals surface area contributed by atoms with E-state index in [1.54, 1.807) is 6.07 Å². The minimum Gasteiger partial charge on any atom is -0.399 e. The first-order chi connectivity index (χ1) is 8.65. The number of rotatable bonds is 2. The Labute approximate surface area is 114 Å². The van der Waals surface area contributed by atoms with Crippen LogP contribution < -0.4 is 5.73 Å². The topological polar surface area (TPSA) is 38.5 Å². The van der Waals surface area contributed by atoms with Crippen LogP contribution in [-0.4, -0.2) is 29.2 Å². The van der Waals surface area contributed by atoms with E-state index < -0.39 is 0 Å². The molecular formula is C15H23FN2O. The molecule has 1 aromatic rings. The molecule has 1 aliphatic heterocycles. The Morgan fingerprint density at radius 3 is 2.26 bits per heavy atom. The molecule has 0 atom stereocenters. The first-order valence-electron chi connectivity index (χ1n) is 6.63. The molecule has 1 aromatic carbocycles. The molecule has 0 aliphatic carbocycles. The van der Waals surface area contributed by atoms with Gasteiger partial charge in [-0.3, -0.25) is 4.90 Å². The predicted molar refractivity (Wildman–Crippen MR) is 75.3 cm³/mol. The highest BCUT2D eigenvalue weighted by atomic mass is 19.1. The van der Waals surface area contributed by atoms with Crippen molar-refractivity contribution in [2.24, 2.45) is 0 Å². The molecule has 1 fully saturated rings. The second kappa shape index (κ2) is 4.76. The van der Waals surface area contributed by atoms with Gasteiger partial charge in [0.25, 0.3) is 0 Å². The highest BCUT2D eigenvalue weighted by Crippen LogP contribution is 2.29. The van der Waals surface area contributed by atoms with Gasteiger partial charge in [0, 0.05) is 25.3 Å². The smallest absolute Gasteiger partial charge is 0.125 e. The van der Waals surface area contributed by atoms with E-state index in [1.165, 1.54) is 6.07 Å². The Kier molecular flexibility index (Phi) is 3.58. The Bertz CT molecular complexity index is 435. The van der Waals surface area contributed by atoms with Crippen LogP contribution in [-0.2, 0) is 11.3 Å². The van der Waals surface area contributed by atoms with Crippen LogP contribution in [0.4, 0.5) is 10.1 Å². The van der Waals surface area contributed by atoms with Gasteiger partial charge in [-0.1, -0.05) is 0 Å². The number of nitrogens with two attached hydrogens (primary N) is 1. The van der Waals surface area contributed by atoms with Crippen molar-refractivity contribution in [2.75, 3.05) is 18.8 Å². The van der Waals surface area contributed by atoms with Crippen molar-refractivity contribution in [1.82, 2.24) is 4.90 Å². The van der Waals surface area contributed by atoms with Crippen molar-refractivity contribution in [3.05, 3.63) is 29.6 Å². The van der Waals surface area contributed by atoms with Crippen LogP contribution >= 0.6 is 0 Å². The summed E-state index contributed by atoms with van der Waals surface area (Å²) in [4.78, 5) is 2.29. The van der Waals surface area contributed by atoms with Crippen molar-refractivity contribution in [3.8, 4) is 0 Å². The molecule has 3 nitrogen and oxygen atoms in total. The van der Waals surface area contributed by atoms with Crippen molar-refractivity contribution >= 4 is 5.69 Å². The number of hydrogen-bond donors (Lipinski definition) is 1. The number of anilines is 1. The van der Waals surface area contributed by atoms with Gasteiger partial charge in [-0.25, -0.2) is 4.39 Å². The second-order valence-corrected chi connectivity index (χ2v) is 6.66. The molecule has 2 rings (SSSR count). The summed E-state index contributed by atoms with van der Waals surface area (Å²) in [5.74, 6) is -0.276. The van der Waals surface area contributed by atoms with Crippen molar-refractivity contribution < 1.29 is 9.13 Å². The Morgan fingerprint density at radius 2 is 1.74 bits per heavy atom. The predicted octanol–water partition coefficient (Wildman–Crippen LogP) is 2.80. The molecule has 1 heterocycles. The fourth-order valence-electron chi connectivity index (χ4n) is 3.08. The normalized spacial score (nSPS) is 22.4. The maximum absolute atomic E-state index is 13.4. The van der Waals surface area contributed by atoms with Crippen LogP contribution in [0.5, 0.6) is 0 Å². The Hall–Kier alpha value is -1.13. The molecule has 0 amide bonds. The lowest BCUT2D eigenvalue weighted by atomic mass is 9.98. The molecule has 4 heteroatoms. The van der Waals surface area contributed by atoms with E-state index in [0.29, 0.717) is 12.2 Å². The lowest BCUT2D eigenvalue weighted by molar-refractivity contribution is -0.182. The Balaban J connectivity index is 2.14. The van der Waals surface area contributed by atoms with Gasteiger partial charge in [0.1, 0.15) is 5.82 Å². The zero-order valence-electron chi connectivity index (χ0n) is 12.2. The van der Waals surface area contributed by atoms with Crippen LogP contribution in [0, 0.1) is 5.82 Å². The number of benzene rings is 1. The van der Waals surface area contributed by atoms with Crippen molar-refractivity contribution in [2.45, 2.75) is 45.4 Å². The first-order valence-corrected chi connectivity index (χ1v) is 6.63. The first kappa shape index (κ1) is 14.3. The summed E-state index contributed by atoms with van der Waals surface area (Å²) in [5, 5.41) is 0. The van der Waals surface area contributed by atoms with E-state index in [2.05, 4.69) is 32.6 Å². The van der Waals surface area contributed by atoms with Gasteiger partial charge in [-0.2, -0.15) is 0 Å². The quantitative estimate of drug-likeness (QED) is 0.837. The molecule has 2 N–H and O–H groups in total. The van der Waals surface area contributed by atoms with Crippen molar-refractivity contribution in [3.63, 3.8) is 0 Å². The van der Waals surface area contributed by atoms with Crippen molar-refractivity contribution in [1.29, 1.82) is 0 Å². The summed E-state index contributed by atoms with van der Waals surface area (Å²) >= 11 is 0. The van der Waals surface area contributed by atoms with E-state index in [4.69, 9.17) is 10.5 Å². The molecule has 0 unspecified atom stereocenters. The molecule has 1 aliphatic rings. The highest BCUT2D eigenvalue weighted by molar-refractivity contribution is 5.41. The number of ether oxygens (including phenoxy) is 1. The lowest BCUT2D eigenvalue weighted by Gasteiger charge is -2.47. The number of hydrogen-bond acceptors (Lipinski definition) is 3. The van der Waals surface area contributed by atoms with Crippen LogP contribution in [0.3, 0.4) is 0 Å². The van der Waals surface area contributed by atoms with Gasteiger partial charge in [-0.15, -0.1) is 0 Å². The maximum Gasteiger partial charge on any atom is 0.125 e. The largest absolute Gasteiger partial charge is 0.399 e. The Morgan fingerprint density at radius 1 is 1.16 bits per heavy atom. The van der Waals surface area contributed by atoms with E-state index in [0.717, 1.165) is 18.7 Å². The van der Waals surface area contributed by atoms with Crippen LogP contribution in [0.1, 0.15) is 33.3 Å². The van der Waals surface area contributed by atoms with Gasteiger partial charge >= 0.3 is 0 Å². The third kappa shape index (κ3) is 3.91. The summed E-state index contributed by atoms with van der Waals surface area (Å²) in [7, 11) is 0. The minimum atomic E-state index is -0.276. The maximum atomic E-state index is 13.4. The number of nitrogens with zero attached hydrogens (tertiary/aromatic N) is 1. The van der Waals surface area contributed by atoms with E-state index in [1.807, 2.05) is 6.07 Å². The monoisotopic (exact) mass is 266 g/mol. The van der Waals surface area contributed by atoms with Gasteiger partial charge in [-0.05, 0) is 51.5 Å². The number of halogens is 1. The third-order valence-electron chi connectivity index (χ3n) is 3.15. The molecule has 0 saturated carbocycles. The van der Waals surface area contributed by atoms with E-state index in [-0.39, 0.29) is 17.0 Å². The zero-order valence-corrected chi connectivity index (χ0v) is 12.2. The summed E-state index contributed by atoms with van der Waals surface area (Å²) in [6.07, 6.45) is 0. The molecule has 106 valence electrons. The van der Waals surface area contributed by atoms with Crippen LogP contribution in [0.25, 0.3) is 0 Å². The molecule has 19 heavy (non-hydrogen) atoms. The lowest BCUT2D eigenvalue weighted by Crippen LogP contribution is -2.56. The molecule has 0 radical (unpaired) electrons. The van der Waals surface area contributed by atoms with E-state index in [9.17, 15) is 4.39 Å². The molecule has 0 bridgehead atoms. The van der Waals surface area contributed by atoms with Gasteiger partial charge in [0.2, 0.25) is 0 Å². The van der Waals surface area contributed by atoms with Gasteiger partial charge in [0.15, 0.2) is 0 Å². The summed E-state index contributed by atoms with van der Waals surface area (Å²) in [6.45, 7) is 10.7. The number of morpholine rings is 1. The highest BCUT2D eigenvalue weighted by Gasteiger charge is 2.37. The SMILES string of the molecule is CC1(C)CN(Cc2cc(N)cc(F)c2)CC(C)(C)O1. The fraction of sp³-hybridized carbons (Fsp3) is 0.600. The summed E-state index contributed by atoms with van der Waals surface area (Å²) < 4.78 is 19.4. The zero-order chi connectivity index (χ0) is 14.3. The van der Waals surface area contributed by atoms with Gasteiger partial charge in [0.05, 0.1) is 11.2 Å². The second-order valence-electron chi connectivity index (χ2n) is 6.66. The molecule has 1 saturated heterocycles. The van der Waals surface area contributed by atoms with Crippen LogP contribution in [0.2, 0.25) is 0 Å². The standard InChI is InChI=1S/C15H23FN2O/c1-14(2)9-18(10-15(3,4)19-14)8-11-5-12(16)7-13(17)6-11/h5-7H,8-10,17H2,1-4H3. The average molecular weight is 266 g/mol. The fourth-order valence-corrected chi connectivity index (χ4v) is 3.08. The molecule has 0 spiro atoms. The van der Waals surface area contributed by atoms with Crippen LogP contribution in [0.15, 0.2) is 18.2 Å². The average Bonchev–Trinajstić information content (AvgIpc) is 2.08. The van der Waals surface area contributed by atoms with Gasteiger partial charge < -0.3 is 10.5 Å². The molecular weight excluding hydrogens is 243 g/mol. The summed E-state index contributed by atoms with van der Waals surface area (Å²) in [5.41, 5.74) is 6.68. The van der Waals surface area contributed by atoms with E-state index >= 15 is 0 Å². The molecule has 0 aromatic heterocycles.